The standard InChI is InChI=1S/C25H26N2O6S/c1-34(29,30)27(20-11-13-21(14-12-20)31-17-19-7-3-2-4-8-19)16-25(28)26-15-22-18-32-23-9-5-6-10-24(23)33-22/h2-14,22H,15-18H2,1H3,(H,26,28). The molecule has 0 aliphatic carbocycles. The van der Waals surface area contributed by atoms with Crippen LogP contribution in [0.5, 0.6) is 17.2 Å². The molecule has 1 amide bonds. The van der Waals surface area contributed by atoms with Gasteiger partial charge in [-0.15, -0.1) is 0 Å². The minimum atomic E-state index is -3.69. The lowest BCUT2D eigenvalue weighted by Gasteiger charge is -2.27. The lowest BCUT2D eigenvalue weighted by atomic mass is 10.2. The molecular formula is C25H26N2O6S. The maximum absolute atomic E-state index is 12.5. The minimum absolute atomic E-state index is 0.192. The van der Waals surface area contributed by atoms with E-state index >= 15 is 0 Å². The number of carbonyl (C=O) groups is 1. The third kappa shape index (κ3) is 6.20. The third-order valence-electron chi connectivity index (χ3n) is 5.16. The molecule has 1 aliphatic heterocycles. The molecule has 0 bridgehead atoms. The number of ether oxygens (including phenoxy) is 3. The zero-order chi connectivity index (χ0) is 24.0. The summed E-state index contributed by atoms with van der Waals surface area (Å²) in [7, 11) is -3.69. The molecule has 0 saturated heterocycles. The number of nitrogens with one attached hydrogen (secondary N) is 1. The molecule has 34 heavy (non-hydrogen) atoms. The second-order valence-electron chi connectivity index (χ2n) is 7.84. The molecule has 0 fully saturated rings. The van der Waals surface area contributed by atoms with Crippen molar-refractivity contribution in [2.45, 2.75) is 12.7 Å². The summed E-state index contributed by atoms with van der Waals surface area (Å²) in [5.74, 6) is 1.42. The molecule has 3 aromatic rings. The van der Waals surface area contributed by atoms with Crippen LogP contribution in [0, 0.1) is 0 Å². The van der Waals surface area contributed by atoms with E-state index in [0.717, 1.165) is 16.1 Å². The number of rotatable bonds is 9. The quantitative estimate of drug-likeness (QED) is 0.504. The Morgan fingerprint density at radius 3 is 2.38 bits per heavy atom. The van der Waals surface area contributed by atoms with Gasteiger partial charge in [-0.05, 0) is 42.0 Å². The Labute approximate surface area is 199 Å². The smallest absolute Gasteiger partial charge is 0.240 e. The highest BCUT2D eigenvalue weighted by atomic mass is 32.2. The van der Waals surface area contributed by atoms with Crippen LogP contribution in [0.3, 0.4) is 0 Å². The van der Waals surface area contributed by atoms with Gasteiger partial charge in [0.05, 0.1) is 18.5 Å². The average Bonchev–Trinajstić information content (AvgIpc) is 2.85. The van der Waals surface area contributed by atoms with E-state index in [1.54, 1.807) is 30.3 Å². The Morgan fingerprint density at radius 2 is 1.68 bits per heavy atom. The molecule has 3 aromatic carbocycles. The van der Waals surface area contributed by atoms with Crippen molar-refractivity contribution in [1.29, 1.82) is 0 Å². The van der Waals surface area contributed by atoms with Crippen LogP contribution >= 0.6 is 0 Å². The van der Waals surface area contributed by atoms with E-state index in [1.165, 1.54) is 0 Å². The molecule has 1 atom stereocenters. The summed E-state index contributed by atoms with van der Waals surface area (Å²) in [5, 5.41) is 2.73. The maximum Gasteiger partial charge on any atom is 0.240 e. The average molecular weight is 483 g/mol. The molecule has 1 aliphatic rings. The van der Waals surface area contributed by atoms with Gasteiger partial charge in [-0.25, -0.2) is 8.42 Å². The number of carbonyl (C=O) groups excluding carboxylic acids is 1. The van der Waals surface area contributed by atoms with Crippen molar-refractivity contribution in [3.8, 4) is 17.2 Å². The lowest BCUT2D eigenvalue weighted by Crippen LogP contribution is -2.45. The molecule has 0 spiro atoms. The number of fused-ring (bicyclic) bond motifs is 1. The largest absolute Gasteiger partial charge is 0.489 e. The van der Waals surface area contributed by atoms with Gasteiger partial charge in [0.1, 0.15) is 31.6 Å². The second kappa shape index (κ2) is 10.5. The topological polar surface area (TPSA) is 94.2 Å². The molecule has 0 aromatic heterocycles. The van der Waals surface area contributed by atoms with Gasteiger partial charge >= 0.3 is 0 Å². The number of hydrogen-bond acceptors (Lipinski definition) is 6. The molecule has 8 nitrogen and oxygen atoms in total. The predicted octanol–water partition coefficient (Wildman–Crippen LogP) is 2.99. The number of nitrogens with zero attached hydrogens (tertiary/aromatic N) is 1. The normalized spacial score (nSPS) is 14.8. The van der Waals surface area contributed by atoms with Crippen molar-refractivity contribution in [3.63, 3.8) is 0 Å². The number of benzene rings is 3. The molecule has 1 unspecified atom stereocenters. The molecule has 9 heteroatoms. The molecule has 0 saturated carbocycles. The zero-order valence-electron chi connectivity index (χ0n) is 18.7. The lowest BCUT2D eigenvalue weighted by molar-refractivity contribution is -0.120. The Bertz CT molecular complexity index is 1220. The van der Waals surface area contributed by atoms with Gasteiger partial charge in [0.25, 0.3) is 0 Å². The second-order valence-corrected chi connectivity index (χ2v) is 9.75. The zero-order valence-corrected chi connectivity index (χ0v) is 19.5. The first-order chi connectivity index (χ1) is 16.4. The van der Waals surface area contributed by atoms with Crippen molar-refractivity contribution in [2.75, 3.05) is 30.3 Å². The fourth-order valence-electron chi connectivity index (χ4n) is 3.43. The molecule has 0 radical (unpaired) electrons. The van der Waals surface area contributed by atoms with E-state index in [4.69, 9.17) is 14.2 Å². The van der Waals surface area contributed by atoms with E-state index in [0.29, 0.717) is 29.5 Å². The minimum Gasteiger partial charge on any atom is -0.489 e. The van der Waals surface area contributed by atoms with E-state index in [-0.39, 0.29) is 25.8 Å². The number of hydrogen-bond donors (Lipinski definition) is 1. The summed E-state index contributed by atoms with van der Waals surface area (Å²) in [5.41, 5.74) is 1.40. The summed E-state index contributed by atoms with van der Waals surface area (Å²) in [4.78, 5) is 12.5. The van der Waals surface area contributed by atoms with Crippen LogP contribution in [0.25, 0.3) is 0 Å². The van der Waals surface area contributed by atoms with Gasteiger partial charge in [-0.2, -0.15) is 0 Å². The van der Waals surface area contributed by atoms with E-state index < -0.39 is 15.9 Å². The highest BCUT2D eigenvalue weighted by Crippen LogP contribution is 2.30. The fraction of sp³-hybridized carbons (Fsp3) is 0.240. The van der Waals surface area contributed by atoms with E-state index in [2.05, 4.69) is 5.32 Å². The summed E-state index contributed by atoms with van der Waals surface area (Å²) < 4.78 is 43.0. The van der Waals surface area contributed by atoms with Crippen LogP contribution in [0.2, 0.25) is 0 Å². The Kier molecular flexibility index (Phi) is 7.22. The van der Waals surface area contributed by atoms with Crippen LogP contribution < -0.4 is 23.8 Å². The fourth-order valence-corrected chi connectivity index (χ4v) is 4.28. The number of amides is 1. The Morgan fingerprint density at radius 1 is 1.00 bits per heavy atom. The summed E-state index contributed by atoms with van der Waals surface area (Å²) in [6, 6.07) is 23.6. The maximum atomic E-state index is 12.5. The first-order valence-corrected chi connectivity index (χ1v) is 12.6. The first-order valence-electron chi connectivity index (χ1n) is 10.8. The van der Waals surface area contributed by atoms with Crippen LogP contribution in [-0.4, -0.2) is 46.4 Å². The van der Waals surface area contributed by atoms with Gasteiger partial charge in [-0.1, -0.05) is 42.5 Å². The van der Waals surface area contributed by atoms with Crippen molar-refractivity contribution in [2.24, 2.45) is 0 Å². The van der Waals surface area contributed by atoms with Gasteiger partial charge < -0.3 is 19.5 Å². The highest BCUT2D eigenvalue weighted by Gasteiger charge is 2.24. The summed E-state index contributed by atoms with van der Waals surface area (Å²) >= 11 is 0. The summed E-state index contributed by atoms with van der Waals surface area (Å²) in [6.07, 6.45) is 0.696. The highest BCUT2D eigenvalue weighted by molar-refractivity contribution is 7.92. The van der Waals surface area contributed by atoms with Crippen LogP contribution in [0.4, 0.5) is 5.69 Å². The summed E-state index contributed by atoms with van der Waals surface area (Å²) in [6.45, 7) is 0.525. The van der Waals surface area contributed by atoms with E-state index in [1.807, 2.05) is 48.5 Å². The number of para-hydroxylation sites is 2. The van der Waals surface area contributed by atoms with Crippen LogP contribution in [0.15, 0.2) is 78.9 Å². The Hall–Kier alpha value is -3.72. The molecular weight excluding hydrogens is 456 g/mol. The Balaban J connectivity index is 1.33. The third-order valence-corrected chi connectivity index (χ3v) is 6.30. The van der Waals surface area contributed by atoms with Crippen molar-refractivity contribution in [1.82, 2.24) is 5.32 Å². The van der Waals surface area contributed by atoms with Gasteiger partial charge in [0.2, 0.25) is 15.9 Å². The van der Waals surface area contributed by atoms with Crippen molar-refractivity contribution in [3.05, 3.63) is 84.4 Å². The van der Waals surface area contributed by atoms with Crippen LogP contribution in [-0.2, 0) is 21.4 Å². The van der Waals surface area contributed by atoms with Crippen molar-refractivity contribution < 1.29 is 27.4 Å². The molecule has 1 N–H and O–H groups in total. The van der Waals surface area contributed by atoms with Gasteiger partial charge in [-0.3, -0.25) is 9.10 Å². The van der Waals surface area contributed by atoms with Crippen molar-refractivity contribution >= 4 is 21.6 Å². The molecule has 1 heterocycles. The SMILES string of the molecule is CS(=O)(=O)N(CC(=O)NCC1COc2ccccc2O1)c1ccc(OCc2ccccc2)cc1. The molecule has 178 valence electrons. The first kappa shape index (κ1) is 23.4. The van der Waals surface area contributed by atoms with Crippen LogP contribution in [0.1, 0.15) is 5.56 Å². The monoisotopic (exact) mass is 482 g/mol. The van der Waals surface area contributed by atoms with E-state index in [9.17, 15) is 13.2 Å². The molecule has 4 rings (SSSR count). The van der Waals surface area contributed by atoms with Gasteiger partial charge in [0.15, 0.2) is 11.5 Å². The predicted molar refractivity (Wildman–Crippen MR) is 129 cm³/mol. The van der Waals surface area contributed by atoms with Gasteiger partial charge in [0, 0.05) is 0 Å². The number of anilines is 1. The number of sulfonamides is 1.